The molecular formula is C11H21O4P. The van der Waals surface area contributed by atoms with E-state index in [0.717, 1.165) is 38.5 Å². The third-order valence-electron chi connectivity index (χ3n) is 3.29. The van der Waals surface area contributed by atoms with Crippen LogP contribution in [0.2, 0.25) is 0 Å². The number of hydrogen-bond donors (Lipinski definition) is 2. The third-order valence-corrected chi connectivity index (χ3v) is 5.81. The fourth-order valence-corrected chi connectivity index (χ4v) is 4.33. The standard InChI is InChI=1S/C11H21O4P/c12-11(13)8-9-16(14,15)10-6-4-2-1-3-5-7-10/h10H,1-9H2,(H,12,13)(H,14,15). The molecular weight excluding hydrogens is 227 g/mol. The molecule has 0 amide bonds. The lowest BCUT2D eigenvalue weighted by molar-refractivity contribution is -0.136. The zero-order valence-electron chi connectivity index (χ0n) is 9.60. The molecule has 0 aromatic heterocycles. The minimum absolute atomic E-state index is 0.0625. The lowest BCUT2D eigenvalue weighted by atomic mass is 10.0. The van der Waals surface area contributed by atoms with E-state index in [0.29, 0.717) is 0 Å². The van der Waals surface area contributed by atoms with Gasteiger partial charge in [0.15, 0.2) is 0 Å². The van der Waals surface area contributed by atoms with Crippen molar-refractivity contribution in [2.24, 2.45) is 0 Å². The first-order valence-corrected chi connectivity index (χ1v) is 7.97. The summed E-state index contributed by atoms with van der Waals surface area (Å²) < 4.78 is 12.0. The Morgan fingerprint density at radius 2 is 1.62 bits per heavy atom. The monoisotopic (exact) mass is 248 g/mol. The Kier molecular flexibility index (Phi) is 5.50. The minimum Gasteiger partial charge on any atom is -0.481 e. The summed E-state index contributed by atoms with van der Waals surface area (Å²) in [5.74, 6) is -0.986. The summed E-state index contributed by atoms with van der Waals surface area (Å²) in [4.78, 5) is 20.3. The van der Waals surface area contributed by atoms with Crippen LogP contribution in [0.5, 0.6) is 0 Å². The molecule has 5 heteroatoms. The van der Waals surface area contributed by atoms with Crippen molar-refractivity contribution in [2.75, 3.05) is 6.16 Å². The van der Waals surface area contributed by atoms with Crippen LogP contribution in [0.4, 0.5) is 0 Å². The summed E-state index contributed by atoms with van der Waals surface area (Å²) in [5.41, 5.74) is -0.160. The van der Waals surface area contributed by atoms with Gasteiger partial charge in [-0.3, -0.25) is 9.36 Å². The molecule has 2 N–H and O–H groups in total. The zero-order chi connectivity index (χ0) is 12.0. The maximum atomic E-state index is 12.0. The average Bonchev–Trinajstić information content (AvgIpc) is 2.13. The van der Waals surface area contributed by atoms with E-state index in [9.17, 15) is 14.3 Å². The van der Waals surface area contributed by atoms with Gasteiger partial charge in [0, 0.05) is 11.8 Å². The van der Waals surface area contributed by atoms with E-state index in [1.165, 1.54) is 6.42 Å². The Labute approximate surface area is 96.5 Å². The van der Waals surface area contributed by atoms with E-state index in [1.807, 2.05) is 0 Å². The van der Waals surface area contributed by atoms with Crippen LogP contribution >= 0.6 is 7.37 Å². The van der Waals surface area contributed by atoms with Gasteiger partial charge in [0.05, 0.1) is 6.42 Å². The molecule has 4 nitrogen and oxygen atoms in total. The highest BCUT2D eigenvalue weighted by molar-refractivity contribution is 7.58. The summed E-state index contributed by atoms with van der Waals surface area (Å²) in [7, 11) is -3.25. The normalized spacial score (nSPS) is 23.1. The van der Waals surface area contributed by atoms with Crippen LogP contribution < -0.4 is 0 Å². The van der Waals surface area contributed by atoms with E-state index in [4.69, 9.17) is 5.11 Å². The maximum Gasteiger partial charge on any atom is 0.303 e. The number of hydrogen-bond acceptors (Lipinski definition) is 2. The number of carbonyl (C=O) groups is 1. The van der Waals surface area contributed by atoms with E-state index in [2.05, 4.69) is 0 Å². The van der Waals surface area contributed by atoms with Crippen LogP contribution in [0.25, 0.3) is 0 Å². The summed E-state index contributed by atoms with van der Waals surface area (Å²) in [5, 5.41) is 8.54. The molecule has 1 rings (SSSR count). The molecule has 1 saturated carbocycles. The second kappa shape index (κ2) is 6.41. The van der Waals surface area contributed by atoms with Crippen molar-refractivity contribution < 1.29 is 19.4 Å². The summed E-state index contributed by atoms with van der Waals surface area (Å²) in [6.45, 7) is 0. The second-order valence-electron chi connectivity index (χ2n) is 4.62. The molecule has 0 bridgehead atoms. The number of carboxylic acids is 1. The van der Waals surface area contributed by atoms with E-state index in [1.54, 1.807) is 0 Å². The van der Waals surface area contributed by atoms with Crippen molar-refractivity contribution in [2.45, 2.75) is 57.0 Å². The van der Waals surface area contributed by atoms with Crippen molar-refractivity contribution in [1.29, 1.82) is 0 Å². The molecule has 0 aromatic carbocycles. The number of rotatable bonds is 4. The first kappa shape index (κ1) is 13.7. The zero-order valence-corrected chi connectivity index (χ0v) is 10.5. The molecule has 1 unspecified atom stereocenters. The Balaban J connectivity index is 2.50. The average molecular weight is 248 g/mol. The van der Waals surface area contributed by atoms with E-state index < -0.39 is 13.3 Å². The fourth-order valence-electron chi connectivity index (χ4n) is 2.28. The maximum absolute atomic E-state index is 12.0. The number of aliphatic carboxylic acids is 1. The highest BCUT2D eigenvalue weighted by Gasteiger charge is 2.30. The third kappa shape index (κ3) is 4.67. The van der Waals surface area contributed by atoms with Crippen LogP contribution in [-0.2, 0) is 9.36 Å². The van der Waals surface area contributed by atoms with Crippen molar-refractivity contribution in [1.82, 2.24) is 0 Å². The van der Waals surface area contributed by atoms with Gasteiger partial charge in [-0.15, -0.1) is 0 Å². The molecule has 0 heterocycles. The Hall–Kier alpha value is -0.340. The predicted molar refractivity (Wildman–Crippen MR) is 63.1 cm³/mol. The summed E-state index contributed by atoms with van der Waals surface area (Å²) in [6.07, 6.45) is 6.81. The van der Waals surface area contributed by atoms with Gasteiger partial charge in [-0.25, -0.2) is 0 Å². The highest BCUT2D eigenvalue weighted by Crippen LogP contribution is 2.51. The van der Waals surface area contributed by atoms with Crippen LogP contribution in [0.15, 0.2) is 0 Å². The second-order valence-corrected chi connectivity index (χ2v) is 7.31. The fraction of sp³-hybridized carbons (Fsp3) is 0.909. The van der Waals surface area contributed by atoms with Crippen molar-refractivity contribution in [3.8, 4) is 0 Å². The molecule has 0 aromatic rings. The molecule has 1 fully saturated rings. The molecule has 0 radical (unpaired) electrons. The first-order valence-electron chi connectivity index (χ1n) is 6.05. The lowest BCUT2D eigenvalue weighted by Gasteiger charge is -2.24. The van der Waals surface area contributed by atoms with Crippen molar-refractivity contribution in [3.05, 3.63) is 0 Å². The predicted octanol–water partition coefficient (Wildman–Crippen LogP) is 2.84. The molecule has 94 valence electrons. The molecule has 0 saturated heterocycles. The Morgan fingerprint density at radius 1 is 1.12 bits per heavy atom. The lowest BCUT2D eigenvalue weighted by Crippen LogP contribution is -2.14. The molecule has 0 spiro atoms. The molecule has 1 aliphatic rings. The van der Waals surface area contributed by atoms with Gasteiger partial charge in [0.1, 0.15) is 0 Å². The molecule has 0 aliphatic heterocycles. The summed E-state index contributed by atoms with van der Waals surface area (Å²) in [6, 6.07) is 0. The van der Waals surface area contributed by atoms with Gasteiger partial charge >= 0.3 is 5.97 Å². The molecule has 1 aliphatic carbocycles. The van der Waals surface area contributed by atoms with E-state index >= 15 is 0 Å². The quantitative estimate of drug-likeness (QED) is 0.750. The van der Waals surface area contributed by atoms with Gasteiger partial charge in [0.2, 0.25) is 7.37 Å². The van der Waals surface area contributed by atoms with Crippen LogP contribution in [-0.4, -0.2) is 27.8 Å². The topological polar surface area (TPSA) is 74.6 Å². The Bertz CT molecular complexity index is 269. The van der Waals surface area contributed by atoms with Gasteiger partial charge in [-0.1, -0.05) is 32.1 Å². The van der Waals surface area contributed by atoms with Crippen LogP contribution in [0, 0.1) is 0 Å². The van der Waals surface area contributed by atoms with Crippen LogP contribution in [0.1, 0.15) is 51.4 Å². The molecule has 16 heavy (non-hydrogen) atoms. The minimum atomic E-state index is -3.25. The van der Waals surface area contributed by atoms with Gasteiger partial charge < -0.3 is 10.00 Å². The molecule has 1 atom stereocenters. The first-order chi connectivity index (χ1) is 7.52. The van der Waals surface area contributed by atoms with E-state index in [-0.39, 0.29) is 18.2 Å². The number of carboxylic acid groups (broad SMARTS) is 1. The van der Waals surface area contributed by atoms with Gasteiger partial charge in [-0.05, 0) is 12.8 Å². The largest absolute Gasteiger partial charge is 0.481 e. The SMILES string of the molecule is O=C(O)CCP(=O)(O)C1CCCCCCC1. The van der Waals surface area contributed by atoms with Crippen LogP contribution in [0.3, 0.4) is 0 Å². The van der Waals surface area contributed by atoms with Crippen molar-refractivity contribution in [3.63, 3.8) is 0 Å². The van der Waals surface area contributed by atoms with Crippen molar-refractivity contribution >= 4 is 13.3 Å². The smallest absolute Gasteiger partial charge is 0.303 e. The highest BCUT2D eigenvalue weighted by atomic mass is 31.2. The van der Waals surface area contributed by atoms with Gasteiger partial charge in [0.25, 0.3) is 0 Å². The van der Waals surface area contributed by atoms with Gasteiger partial charge in [-0.2, -0.15) is 0 Å². The summed E-state index contributed by atoms with van der Waals surface area (Å²) >= 11 is 0. The Morgan fingerprint density at radius 3 is 2.12 bits per heavy atom.